The van der Waals surface area contributed by atoms with E-state index in [1.54, 1.807) is 30.3 Å². The topological polar surface area (TPSA) is 105 Å². The highest BCUT2D eigenvalue weighted by Crippen LogP contribution is 2.44. The summed E-state index contributed by atoms with van der Waals surface area (Å²) in [5.74, 6) is -1.84. The van der Waals surface area contributed by atoms with E-state index in [1.807, 2.05) is 43.3 Å². The molecule has 0 saturated carbocycles. The summed E-state index contributed by atoms with van der Waals surface area (Å²) in [7, 11) is 0. The van der Waals surface area contributed by atoms with E-state index in [1.165, 1.54) is 0 Å². The summed E-state index contributed by atoms with van der Waals surface area (Å²) in [5.41, 5.74) is 4.94. The molecule has 0 fully saturated rings. The van der Waals surface area contributed by atoms with Crippen LogP contribution in [-0.4, -0.2) is 35.7 Å². The van der Waals surface area contributed by atoms with Gasteiger partial charge in [0.2, 0.25) is 5.91 Å². The fourth-order valence-electron chi connectivity index (χ4n) is 4.50. The molecule has 0 spiro atoms. The predicted molar refractivity (Wildman–Crippen MR) is 132 cm³/mol. The van der Waals surface area contributed by atoms with Crippen molar-refractivity contribution in [3.63, 3.8) is 0 Å². The summed E-state index contributed by atoms with van der Waals surface area (Å²) in [6.07, 6.45) is 0.124. The average molecular weight is 473 g/mol. The van der Waals surface area contributed by atoms with Crippen molar-refractivity contribution < 1.29 is 24.2 Å². The number of rotatable bonds is 9. The molecule has 3 aromatic rings. The highest BCUT2D eigenvalue weighted by atomic mass is 16.5. The third-order valence-corrected chi connectivity index (χ3v) is 6.19. The van der Waals surface area contributed by atoms with E-state index >= 15 is 0 Å². The molecule has 2 atom stereocenters. The molecule has 0 aliphatic heterocycles. The summed E-state index contributed by atoms with van der Waals surface area (Å²) in [5, 5.41) is 14.6. The molecule has 3 N–H and O–H groups in total. The summed E-state index contributed by atoms with van der Waals surface area (Å²) in [6.45, 7) is 1.95. The predicted octanol–water partition coefficient (Wildman–Crippen LogP) is 4.64. The molecule has 1 aliphatic carbocycles. The highest BCUT2D eigenvalue weighted by Gasteiger charge is 2.31. The lowest BCUT2D eigenvalue weighted by Gasteiger charge is -2.22. The van der Waals surface area contributed by atoms with Gasteiger partial charge in [-0.2, -0.15) is 0 Å². The molecule has 7 heteroatoms. The van der Waals surface area contributed by atoms with Gasteiger partial charge in [-0.3, -0.25) is 4.79 Å². The van der Waals surface area contributed by atoms with Crippen molar-refractivity contribution in [1.82, 2.24) is 10.6 Å². The first-order valence-corrected chi connectivity index (χ1v) is 11.7. The first-order valence-electron chi connectivity index (χ1n) is 11.7. The summed E-state index contributed by atoms with van der Waals surface area (Å²) >= 11 is 0. The number of hydrogen-bond acceptors (Lipinski definition) is 4. The molecule has 4 rings (SSSR count). The molecule has 0 bridgehead atoms. The Morgan fingerprint density at radius 3 is 2.00 bits per heavy atom. The molecular weight excluding hydrogens is 444 g/mol. The first kappa shape index (κ1) is 24.0. The Bertz CT molecular complexity index is 1170. The zero-order chi connectivity index (χ0) is 24.8. The second-order valence-electron chi connectivity index (χ2n) is 8.50. The standard InChI is InChI=1S/C28H28N2O5/c1-2-10-24(27(32)33)29-26(31)25(18-11-4-3-5-12-18)30-28(34)35-17-23-21-15-8-6-13-19(21)20-14-7-9-16-22(20)23/h3-9,11-16,23-25H,2,10,17H2,1H3,(H,29,31)(H,30,34)(H,32,33)/t24?,25-/m0/s1. The number of alkyl carbamates (subject to hydrolysis) is 1. The van der Waals surface area contributed by atoms with Crippen molar-refractivity contribution >= 4 is 18.0 Å². The van der Waals surface area contributed by atoms with Gasteiger partial charge in [0.1, 0.15) is 18.7 Å². The number of aliphatic carboxylic acids is 1. The first-order chi connectivity index (χ1) is 17.0. The van der Waals surface area contributed by atoms with Gasteiger partial charge < -0.3 is 20.5 Å². The van der Waals surface area contributed by atoms with Gasteiger partial charge in [-0.15, -0.1) is 0 Å². The van der Waals surface area contributed by atoms with Crippen LogP contribution in [0.25, 0.3) is 11.1 Å². The van der Waals surface area contributed by atoms with Gasteiger partial charge in [0.15, 0.2) is 0 Å². The molecule has 1 unspecified atom stereocenters. The summed E-state index contributed by atoms with van der Waals surface area (Å²) in [4.78, 5) is 37.4. The van der Waals surface area contributed by atoms with Gasteiger partial charge in [-0.1, -0.05) is 92.2 Å². The van der Waals surface area contributed by atoms with Crippen LogP contribution in [0.2, 0.25) is 0 Å². The maximum absolute atomic E-state index is 13.0. The zero-order valence-electron chi connectivity index (χ0n) is 19.4. The summed E-state index contributed by atoms with van der Waals surface area (Å²) in [6, 6.07) is 22.6. The maximum Gasteiger partial charge on any atom is 0.408 e. The summed E-state index contributed by atoms with van der Waals surface area (Å²) < 4.78 is 5.60. The van der Waals surface area contributed by atoms with E-state index in [-0.39, 0.29) is 18.9 Å². The highest BCUT2D eigenvalue weighted by molar-refractivity contribution is 5.90. The molecular formula is C28H28N2O5. The lowest BCUT2D eigenvalue weighted by molar-refractivity contribution is -0.142. The Kier molecular flexibility index (Phi) is 7.45. The normalized spacial score (nSPS) is 13.7. The van der Waals surface area contributed by atoms with Crippen LogP contribution in [0.3, 0.4) is 0 Å². The lowest BCUT2D eigenvalue weighted by atomic mass is 9.98. The minimum Gasteiger partial charge on any atom is -0.480 e. The van der Waals surface area contributed by atoms with Crippen LogP contribution >= 0.6 is 0 Å². The second-order valence-corrected chi connectivity index (χ2v) is 8.50. The van der Waals surface area contributed by atoms with Crippen LogP contribution < -0.4 is 10.6 Å². The van der Waals surface area contributed by atoms with Crippen LogP contribution in [0.1, 0.15) is 48.4 Å². The minimum absolute atomic E-state index is 0.108. The quantitative estimate of drug-likeness (QED) is 0.421. The minimum atomic E-state index is -1.12. The molecule has 0 heterocycles. The Morgan fingerprint density at radius 2 is 1.43 bits per heavy atom. The second kappa shape index (κ2) is 10.9. The van der Waals surface area contributed by atoms with Gasteiger partial charge in [0.25, 0.3) is 0 Å². The number of carbonyl (C=O) groups excluding carboxylic acids is 2. The zero-order valence-corrected chi connectivity index (χ0v) is 19.4. The van der Waals surface area contributed by atoms with Crippen molar-refractivity contribution in [2.24, 2.45) is 0 Å². The van der Waals surface area contributed by atoms with E-state index in [4.69, 9.17) is 4.74 Å². The van der Waals surface area contributed by atoms with Crippen molar-refractivity contribution in [3.05, 3.63) is 95.6 Å². The van der Waals surface area contributed by atoms with Gasteiger partial charge in [0, 0.05) is 5.92 Å². The van der Waals surface area contributed by atoms with Crippen molar-refractivity contribution in [2.75, 3.05) is 6.61 Å². The molecule has 180 valence electrons. The molecule has 35 heavy (non-hydrogen) atoms. The number of nitrogens with one attached hydrogen (secondary N) is 2. The number of benzene rings is 3. The maximum atomic E-state index is 13.0. The fourth-order valence-corrected chi connectivity index (χ4v) is 4.50. The van der Waals surface area contributed by atoms with Crippen LogP contribution in [0.5, 0.6) is 0 Å². The smallest absolute Gasteiger partial charge is 0.408 e. The molecule has 3 aromatic carbocycles. The third-order valence-electron chi connectivity index (χ3n) is 6.19. The van der Waals surface area contributed by atoms with Crippen LogP contribution in [-0.2, 0) is 14.3 Å². The van der Waals surface area contributed by atoms with Crippen LogP contribution in [0.4, 0.5) is 4.79 Å². The Morgan fingerprint density at radius 1 is 0.857 bits per heavy atom. The Labute approximate surface area is 204 Å². The molecule has 7 nitrogen and oxygen atoms in total. The number of amides is 2. The molecule has 2 amide bonds. The number of carboxylic acids is 1. The van der Waals surface area contributed by atoms with Crippen molar-refractivity contribution in [3.8, 4) is 11.1 Å². The van der Waals surface area contributed by atoms with E-state index in [0.29, 0.717) is 12.0 Å². The Hall–Kier alpha value is -4.13. The number of fused-ring (bicyclic) bond motifs is 3. The van der Waals surface area contributed by atoms with E-state index in [2.05, 4.69) is 22.8 Å². The van der Waals surface area contributed by atoms with Gasteiger partial charge >= 0.3 is 12.1 Å². The van der Waals surface area contributed by atoms with E-state index < -0.39 is 30.1 Å². The van der Waals surface area contributed by atoms with Crippen LogP contribution in [0.15, 0.2) is 78.9 Å². The third kappa shape index (κ3) is 5.35. The molecule has 0 radical (unpaired) electrons. The average Bonchev–Trinajstić information content (AvgIpc) is 3.20. The number of hydrogen-bond donors (Lipinski definition) is 3. The SMILES string of the molecule is CCCC(NC(=O)[C@@H](NC(=O)OCC1c2ccccc2-c2ccccc21)c1ccccc1)C(=O)O. The lowest BCUT2D eigenvalue weighted by Crippen LogP contribution is -2.47. The monoisotopic (exact) mass is 472 g/mol. The largest absolute Gasteiger partial charge is 0.480 e. The molecule has 0 saturated heterocycles. The fraction of sp³-hybridized carbons (Fsp3) is 0.250. The van der Waals surface area contributed by atoms with Crippen molar-refractivity contribution in [2.45, 2.75) is 37.8 Å². The van der Waals surface area contributed by atoms with Gasteiger partial charge in [-0.05, 0) is 34.2 Å². The number of ether oxygens (including phenoxy) is 1. The Balaban J connectivity index is 1.48. The van der Waals surface area contributed by atoms with E-state index in [9.17, 15) is 19.5 Å². The van der Waals surface area contributed by atoms with Crippen molar-refractivity contribution in [1.29, 1.82) is 0 Å². The van der Waals surface area contributed by atoms with E-state index in [0.717, 1.165) is 22.3 Å². The molecule has 0 aromatic heterocycles. The van der Waals surface area contributed by atoms with Crippen LogP contribution in [0, 0.1) is 0 Å². The number of carboxylic acid groups (broad SMARTS) is 1. The van der Waals surface area contributed by atoms with Gasteiger partial charge in [0.05, 0.1) is 0 Å². The molecule has 1 aliphatic rings. The van der Waals surface area contributed by atoms with Gasteiger partial charge in [-0.25, -0.2) is 9.59 Å². The number of carbonyl (C=O) groups is 3.